The van der Waals surface area contributed by atoms with Gasteiger partial charge in [-0.2, -0.15) is 0 Å². The van der Waals surface area contributed by atoms with Crippen molar-refractivity contribution in [1.82, 2.24) is 15.8 Å². The lowest BCUT2D eigenvalue weighted by atomic mass is 9.82. The average Bonchev–Trinajstić information content (AvgIpc) is 2.92. The molecule has 0 aromatic carbocycles. The number of nitrogens with one attached hydrogen (secondary N) is 2. The molecule has 1 aromatic heterocycles. The van der Waals surface area contributed by atoms with Gasteiger partial charge in [-0.05, 0) is 25.3 Å². The maximum absolute atomic E-state index is 12.0. The monoisotopic (exact) mass is 267 g/mol. The number of carbonyl (C=O) groups excluding carboxylic acids is 1. The van der Waals surface area contributed by atoms with Gasteiger partial charge in [0.25, 0.3) is 5.91 Å². The molecule has 5 heteroatoms. The number of aryl methyl sites for hydroxylation is 1. The first kappa shape index (κ1) is 15.7. The second-order valence-corrected chi connectivity index (χ2v) is 4.95. The van der Waals surface area contributed by atoms with E-state index in [1.807, 2.05) is 14.0 Å². The molecule has 1 amide bonds. The van der Waals surface area contributed by atoms with Gasteiger partial charge in [-0.1, -0.05) is 25.9 Å². The van der Waals surface area contributed by atoms with Gasteiger partial charge in [0.2, 0.25) is 0 Å². The summed E-state index contributed by atoms with van der Waals surface area (Å²) in [6.07, 6.45) is 2.78. The van der Waals surface area contributed by atoms with Gasteiger partial charge in [0.1, 0.15) is 5.76 Å². The second kappa shape index (κ2) is 7.28. The molecule has 0 bridgehead atoms. The molecule has 0 aliphatic heterocycles. The Morgan fingerprint density at radius 3 is 2.47 bits per heavy atom. The zero-order chi connectivity index (χ0) is 14.3. The van der Waals surface area contributed by atoms with E-state index in [1.54, 1.807) is 6.07 Å². The number of carbonyl (C=O) groups is 1. The summed E-state index contributed by atoms with van der Waals surface area (Å²) in [5, 5.41) is 9.95. The van der Waals surface area contributed by atoms with Crippen LogP contribution in [-0.2, 0) is 6.42 Å². The summed E-state index contributed by atoms with van der Waals surface area (Å²) in [5.41, 5.74) is 0.462. The number of hydrogen-bond acceptors (Lipinski definition) is 4. The normalized spacial score (nSPS) is 11.6. The Morgan fingerprint density at radius 2 is 2.00 bits per heavy atom. The second-order valence-electron chi connectivity index (χ2n) is 4.95. The van der Waals surface area contributed by atoms with Crippen molar-refractivity contribution < 1.29 is 9.32 Å². The van der Waals surface area contributed by atoms with Crippen LogP contribution in [0.1, 0.15) is 49.9 Å². The lowest BCUT2D eigenvalue weighted by Gasteiger charge is -2.31. The first-order chi connectivity index (χ1) is 9.10. The van der Waals surface area contributed by atoms with Crippen LogP contribution in [0.25, 0.3) is 0 Å². The maximum Gasteiger partial charge on any atom is 0.273 e. The number of rotatable bonds is 8. The van der Waals surface area contributed by atoms with Crippen molar-refractivity contribution in [2.45, 2.75) is 40.0 Å². The highest BCUT2D eigenvalue weighted by Crippen LogP contribution is 2.24. The molecule has 0 fully saturated rings. The number of amides is 1. The molecule has 0 atom stereocenters. The minimum atomic E-state index is -0.161. The van der Waals surface area contributed by atoms with Crippen molar-refractivity contribution >= 4 is 5.91 Å². The van der Waals surface area contributed by atoms with Crippen LogP contribution in [0.4, 0.5) is 0 Å². The Kier molecular flexibility index (Phi) is 6.02. The van der Waals surface area contributed by atoms with E-state index in [1.165, 1.54) is 0 Å². The maximum atomic E-state index is 12.0. The van der Waals surface area contributed by atoms with Crippen LogP contribution >= 0.6 is 0 Å². The van der Waals surface area contributed by atoms with Crippen LogP contribution in [0.15, 0.2) is 10.6 Å². The summed E-state index contributed by atoms with van der Waals surface area (Å²) >= 11 is 0. The van der Waals surface area contributed by atoms with Crippen molar-refractivity contribution in [1.29, 1.82) is 0 Å². The van der Waals surface area contributed by atoms with Gasteiger partial charge in [0.15, 0.2) is 5.69 Å². The van der Waals surface area contributed by atoms with Crippen LogP contribution in [0.3, 0.4) is 0 Å². The Morgan fingerprint density at radius 1 is 1.32 bits per heavy atom. The van der Waals surface area contributed by atoms with E-state index >= 15 is 0 Å². The predicted molar refractivity (Wildman–Crippen MR) is 75.2 cm³/mol. The van der Waals surface area contributed by atoms with Crippen LogP contribution in [-0.4, -0.2) is 31.2 Å². The number of nitrogens with zero attached hydrogens (tertiary/aromatic N) is 1. The van der Waals surface area contributed by atoms with Crippen molar-refractivity contribution in [3.63, 3.8) is 0 Å². The SMILES string of the molecule is CCc1cc(C(=O)NCC(CC)(CC)CNC)no1. The Balaban J connectivity index is 2.61. The van der Waals surface area contributed by atoms with Gasteiger partial charge >= 0.3 is 0 Å². The Bertz CT molecular complexity index is 397. The van der Waals surface area contributed by atoms with Crippen molar-refractivity contribution in [2.24, 2.45) is 5.41 Å². The molecule has 5 nitrogen and oxygen atoms in total. The van der Waals surface area contributed by atoms with E-state index in [9.17, 15) is 4.79 Å². The highest BCUT2D eigenvalue weighted by Gasteiger charge is 2.26. The summed E-state index contributed by atoms with van der Waals surface area (Å²) in [6, 6.07) is 1.70. The van der Waals surface area contributed by atoms with Crippen LogP contribution in [0.2, 0.25) is 0 Å². The molecule has 0 radical (unpaired) electrons. The van der Waals surface area contributed by atoms with E-state index in [-0.39, 0.29) is 11.3 Å². The van der Waals surface area contributed by atoms with Crippen molar-refractivity contribution in [3.05, 3.63) is 17.5 Å². The standard InChI is InChI=1S/C14H25N3O2/c1-5-11-8-12(17-19-11)13(18)16-10-14(6-2,7-3)9-15-4/h8,15H,5-7,9-10H2,1-4H3,(H,16,18). The van der Waals surface area contributed by atoms with Gasteiger partial charge in [0.05, 0.1) is 0 Å². The minimum Gasteiger partial charge on any atom is -0.361 e. The van der Waals surface area contributed by atoms with Gasteiger partial charge in [0, 0.05) is 25.6 Å². The van der Waals surface area contributed by atoms with E-state index in [2.05, 4.69) is 29.6 Å². The molecule has 0 saturated heterocycles. The zero-order valence-corrected chi connectivity index (χ0v) is 12.4. The van der Waals surface area contributed by atoms with E-state index < -0.39 is 0 Å². The van der Waals surface area contributed by atoms with E-state index in [0.717, 1.165) is 31.6 Å². The number of aromatic nitrogens is 1. The third-order valence-electron chi connectivity index (χ3n) is 3.82. The van der Waals surface area contributed by atoms with Gasteiger partial charge < -0.3 is 15.2 Å². The fourth-order valence-electron chi connectivity index (χ4n) is 2.13. The lowest BCUT2D eigenvalue weighted by molar-refractivity contribution is 0.0916. The van der Waals surface area contributed by atoms with Crippen LogP contribution < -0.4 is 10.6 Å². The summed E-state index contributed by atoms with van der Waals surface area (Å²) < 4.78 is 5.04. The fourth-order valence-corrected chi connectivity index (χ4v) is 2.13. The topological polar surface area (TPSA) is 67.2 Å². The molecular formula is C14H25N3O2. The molecule has 108 valence electrons. The smallest absolute Gasteiger partial charge is 0.273 e. The summed E-state index contributed by atoms with van der Waals surface area (Å²) in [4.78, 5) is 12.0. The van der Waals surface area contributed by atoms with Gasteiger partial charge in [-0.25, -0.2) is 0 Å². The molecular weight excluding hydrogens is 242 g/mol. The molecule has 0 unspecified atom stereocenters. The molecule has 2 N–H and O–H groups in total. The first-order valence-electron chi connectivity index (χ1n) is 6.99. The Hall–Kier alpha value is -1.36. The van der Waals surface area contributed by atoms with Gasteiger partial charge in [-0.15, -0.1) is 0 Å². The highest BCUT2D eigenvalue weighted by molar-refractivity contribution is 5.92. The van der Waals surface area contributed by atoms with Crippen LogP contribution in [0.5, 0.6) is 0 Å². The molecule has 0 saturated carbocycles. The summed E-state index contributed by atoms with van der Waals surface area (Å²) in [5.74, 6) is 0.573. The highest BCUT2D eigenvalue weighted by atomic mass is 16.5. The third-order valence-corrected chi connectivity index (χ3v) is 3.82. The van der Waals surface area contributed by atoms with Crippen LogP contribution in [0, 0.1) is 5.41 Å². The third kappa shape index (κ3) is 4.06. The Labute approximate surface area is 115 Å². The molecule has 0 aliphatic rings. The van der Waals surface area contributed by atoms with Gasteiger partial charge in [-0.3, -0.25) is 4.79 Å². The predicted octanol–water partition coefficient (Wildman–Crippen LogP) is 1.99. The van der Waals surface area contributed by atoms with Crippen molar-refractivity contribution in [2.75, 3.05) is 20.1 Å². The average molecular weight is 267 g/mol. The van der Waals surface area contributed by atoms with Crippen molar-refractivity contribution in [3.8, 4) is 0 Å². The molecule has 0 aliphatic carbocycles. The summed E-state index contributed by atoms with van der Waals surface area (Å²) in [6.45, 7) is 7.80. The molecule has 1 aromatic rings. The zero-order valence-electron chi connectivity index (χ0n) is 12.4. The number of hydrogen-bond donors (Lipinski definition) is 2. The largest absolute Gasteiger partial charge is 0.361 e. The minimum absolute atomic E-state index is 0.0989. The summed E-state index contributed by atoms with van der Waals surface area (Å²) in [7, 11) is 1.94. The molecule has 1 heterocycles. The molecule has 0 spiro atoms. The van der Waals surface area contributed by atoms with E-state index in [0.29, 0.717) is 12.2 Å². The lowest BCUT2D eigenvalue weighted by Crippen LogP contribution is -2.42. The quantitative estimate of drug-likeness (QED) is 0.756. The molecule has 19 heavy (non-hydrogen) atoms. The van der Waals surface area contributed by atoms with E-state index in [4.69, 9.17) is 4.52 Å². The fraction of sp³-hybridized carbons (Fsp3) is 0.714. The molecule has 1 rings (SSSR count). The first-order valence-corrected chi connectivity index (χ1v) is 6.99.